The van der Waals surface area contributed by atoms with Crippen molar-refractivity contribution in [2.75, 3.05) is 12.9 Å². The predicted molar refractivity (Wildman–Crippen MR) is 117 cm³/mol. The van der Waals surface area contributed by atoms with Gasteiger partial charge in [-0.1, -0.05) is 48.2 Å². The molecule has 0 fully saturated rings. The number of ether oxygens (including phenoxy) is 1. The zero-order valence-corrected chi connectivity index (χ0v) is 16.9. The van der Waals surface area contributed by atoms with Crippen molar-refractivity contribution >= 4 is 39.5 Å². The van der Waals surface area contributed by atoms with E-state index in [4.69, 9.17) is 4.74 Å². The van der Waals surface area contributed by atoms with E-state index in [0.717, 1.165) is 33.2 Å². The molecule has 0 aliphatic heterocycles. The second-order valence-electron chi connectivity index (χ2n) is 6.62. The molecule has 0 bridgehead atoms. The highest BCUT2D eigenvalue weighted by atomic mass is 32.2. The fourth-order valence-electron chi connectivity index (χ4n) is 3.54. The predicted octanol–water partition coefficient (Wildman–Crippen LogP) is 4.21. The summed E-state index contributed by atoms with van der Waals surface area (Å²) in [4.78, 5) is 13.2. The van der Waals surface area contributed by atoms with Crippen molar-refractivity contribution in [2.45, 2.75) is 5.16 Å². The SMILES string of the molecule is COc1ccc(-n2nnnc2SCC(=O)n2c3ccccc3c3ccccc32)cc1. The molecule has 0 aliphatic rings. The van der Waals surface area contributed by atoms with E-state index in [1.165, 1.54) is 11.8 Å². The number of benzene rings is 3. The lowest BCUT2D eigenvalue weighted by atomic mass is 10.2. The number of hydrogen-bond donors (Lipinski definition) is 0. The molecule has 0 N–H and O–H groups in total. The van der Waals surface area contributed by atoms with Crippen molar-refractivity contribution < 1.29 is 9.53 Å². The molecule has 5 rings (SSSR count). The summed E-state index contributed by atoms with van der Waals surface area (Å²) < 4.78 is 8.59. The van der Waals surface area contributed by atoms with Crippen LogP contribution in [-0.4, -0.2) is 43.5 Å². The van der Waals surface area contributed by atoms with Crippen LogP contribution in [0.1, 0.15) is 4.79 Å². The Morgan fingerprint density at radius 3 is 2.20 bits per heavy atom. The molecule has 0 spiro atoms. The average Bonchev–Trinajstić information content (AvgIpc) is 3.40. The van der Waals surface area contributed by atoms with E-state index in [9.17, 15) is 4.79 Å². The Morgan fingerprint density at radius 2 is 1.57 bits per heavy atom. The number of para-hydroxylation sites is 2. The van der Waals surface area contributed by atoms with Gasteiger partial charge in [-0.3, -0.25) is 9.36 Å². The van der Waals surface area contributed by atoms with Gasteiger partial charge in [0.05, 0.1) is 29.6 Å². The highest BCUT2D eigenvalue weighted by Crippen LogP contribution is 2.29. The minimum Gasteiger partial charge on any atom is -0.497 e. The quantitative estimate of drug-likeness (QED) is 0.400. The van der Waals surface area contributed by atoms with Crippen molar-refractivity contribution in [2.24, 2.45) is 0 Å². The molecule has 0 radical (unpaired) electrons. The fourth-order valence-corrected chi connectivity index (χ4v) is 4.28. The summed E-state index contributed by atoms with van der Waals surface area (Å²) in [7, 11) is 1.62. The van der Waals surface area contributed by atoms with Gasteiger partial charge in [-0.25, -0.2) is 0 Å². The molecule has 148 valence electrons. The van der Waals surface area contributed by atoms with E-state index in [-0.39, 0.29) is 11.7 Å². The normalized spacial score (nSPS) is 11.2. The van der Waals surface area contributed by atoms with Crippen LogP contribution in [0.3, 0.4) is 0 Å². The van der Waals surface area contributed by atoms with E-state index < -0.39 is 0 Å². The van der Waals surface area contributed by atoms with Crippen LogP contribution in [0.4, 0.5) is 0 Å². The summed E-state index contributed by atoms with van der Waals surface area (Å²) in [6, 6.07) is 23.3. The Kier molecular flexibility index (Phi) is 4.68. The van der Waals surface area contributed by atoms with Crippen LogP contribution in [0.25, 0.3) is 27.5 Å². The molecular weight excluding hydrogens is 398 g/mol. The average molecular weight is 415 g/mol. The van der Waals surface area contributed by atoms with Gasteiger partial charge < -0.3 is 4.74 Å². The number of methoxy groups -OCH3 is 1. The molecule has 0 amide bonds. The lowest BCUT2D eigenvalue weighted by Crippen LogP contribution is -2.13. The molecule has 30 heavy (non-hydrogen) atoms. The molecule has 0 aliphatic carbocycles. The molecule has 8 heteroatoms. The number of carbonyl (C=O) groups is 1. The molecule has 0 unspecified atom stereocenters. The van der Waals surface area contributed by atoms with Crippen molar-refractivity contribution in [1.29, 1.82) is 0 Å². The van der Waals surface area contributed by atoms with Crippen LogP contribution in [0.2, 0.25) is 0 Å². The second kappa shape index (κ2) is 7.64. The number of aromatic nitrogens is 5. The van der Waals surface area contributed by atoms with E-state index in [1.54, 1.807) is 16.4 Å². The highest BCUT2D eigenvalue weighted by Gasteiger charge is 2.17. The van der Waals surface area contributed by atoms with E-state index in [1.807, 2.05) is 72.8 Å². The first-order valence-electron chi connectivity index (χ1n) is 9.33. The van der Waals surface area contributed by atoms with Crippen LogP contribution in [0.5, 0.6) is 5.75 Å². The molecule has 0 saturated heterocycles. The maximum atomic E-state index is 13.2. The summed E-state index contributed by atoms with van der Waals surface area (Å²) in [5.41, 5.74) is 2.60. The van der Waals surface area contributed by atoms with Crippen molar-refractivity contribution in [3.05, 3.63) is 72.8 Å². The van der Waals surface area contributed by atoms with Gasteiger partial charge in [-0.2, -0.15) is 4.68 Å². The summed E-state index contributed by atoms with van der Waals surface area (Å²) in [5.74, 6) is 0.934. The third-order valence-electron chi connectivity index (χ3n) is 4.91. The van der Waals surface area contributed by atoms with E-state index in [2.05, 4.69) is 15.5 Å². The van der Waals surface area contributed by atoms with Gasteiger partial charge in [0, 0.05) is 10.8 Å². The number of tetrazole rings is 1. The molecule has 0 saturated carbocycles. The third kappa shape index (κ3) is 3.11. The van der Waals surface area contributed by atoms with Crippen LogP contribution in [-0.2, 0) is 0 Å². The largest absolute Gasteiger partial charge is 0.497 e. The number of rotatable bonds is 5. The maximum absolute atomic E-state index is 13.2. The minimum absolute atomic E-state index is 0.0262. The molecule has 3 aromatic carbocycles. The lowest BCUT2D eigenvalue weighted by molar-refractivity contribution is 0.0951. The topological polar surface area (TPSA) is 74.8 Å². The number of carbonyl (C=O) groups excluding carboxylic acids is 1. The Labute approximate surface area is 176 Å². The number of fused-ring (bicyclic) bond motifs is 3. The van der Waals surface area contributed by atoms with Gasteiger partial charge in [0.1, 0.15) is 5.75 Å². The molecule has 0 atom stereocenters. The highest BCUT2D eigenvalue weighted by molar-refractivity contribution is 7.99. The minimum atomic E-state index is -0.0262. The monoisotopic (exact) mass is 415 g/mol. The fraction of sp³-hybridized carbons (Fsp3) is 0.0909. The molecule has 2 heterocycles. The van der Waals surface area contributed by atoms with Crippen LogP contribution >= 0.6 is 11.8 Å². The Bertz CT molecular complexity index is 1300. The van der Waals surface area contributed by atoms with Crippen molar-refractivity contribution in [3.63, 3.8) is 0 Å². The number of thioether (sulfide) groups is 1. The van der Waals surface area contributed by atoms with Crippen LogP contribution < -0.4 is 4.74 Å². The molecule has 7 nitrogen and oxygen atoms in total. The second-order valence-corrected chi connectivity index (χ2v) is 7.57. The number of nitrogens with zero attached hydrogens (tertiary/aromatic N) is 5. The van der Waals surface area contributed by atoms with Crippen molar-refractivity contribution in [3.8, 4) is 11.4 Å². The van der Waals surface area contributed by atoms with E-state index >= 15 is 0 Å². The smallest absolute Gasteiger partial charge is 0.242 e. The summed E-state index contributed by atoms with van der Waals surface area (Å²) >= 11 is 1.31. The van der Waals surface area contributed by atoms with Crippen LogP contribution in [0.15, 0.2) is 78.0 Å². The maximum Gasteiger partial charge on any atom is 0.242 e. The summed E-state index contributed by atoms with van der Waals surface area (Å²) in [5, 5.41) is 14.6. The van der Waals surface area contributed by atoms with Gasteiger partial charge in [0.15, 0.2) is 0 Å². The zero-order valence-electron chi connectivity index (χ0n) is 16.1. The van der Waals surface area contributed by atoms with Gasteiger partial charge >= 0.3 is 0 Å². The molecular formula is C22H17N5O2S. The third-order valence-corrected chi connectivity index (χ3v) is 5.82. The summed E-state index contributed by atoms with van der Waals surface area (Å²) in [6.07, 6.45) is 0. The Morgan fingerprint density at radius 1 is 0.933 bits per heavy atom. The first kappa shape index (κ1) is 18.4. The van der Waals surface area contributed by atoms with Gasteiger partial charge in [0.2, 0.25) is 11.1 Å². The molecule has 2 aromatic heterocycles. The van der Waals surface area contributed by atoms with Gasteiger partial charge in [-0.15, -0.1) is 5.10 Å². The lowest BCUT2D eigenvalue weighted by Gasteiger charge is -2.07. The molecule has 5 aromatic rings. The first-order chi connectivity index (χ1) is 14.8. The van der Waals surface area contributed by atoms with Gasteiger partial charge in [-0.05, 0) is 46.8 Å². The van der Waals surface area contributed by atoms with Crippen LogP contribution in [0, 0.1) is 0 Å². The Hall–Kier alpha value is -3.65. The number of hydrogen-bond acceptors (Lipinski definition) is 6. The first-order valence-corrected chi connectivity index (χ1v) is 10.3. The summed E-state index contributed by atoms with van der Waals surface area (Å²) in [6.45, 7) is 0. The van der Waals surface area contributed by atoms with E-state index in [0.29, 0.717) is 5.16 Å². The van der Waals surface area contributed by atoms with Crippen molar-refractivity contribution in [1.82, 2.24) is 24.8 Å². The zero-order chi connectivity index (χ0) is 20.5. The standard InChI is InChI=1S/C22H17N5O2S/c1-29-16-12-10-15(11-13-16)27-22(23-24-25-27)30-14-21(28)26-19-8-4-2-6-17(19)18-7-3-5-9-20(18)26/h2-13H,14H2,1H3. The Balaban J connectivity index is 1.44. The van der Waals surface area contributed by atoms with Gasteiger partial charge in [0.25, 0.3) is 0 Å².